The fourth-order valence-corrected chi connectivity index (χ4v) is 3.48. The Morgan fingerprint density at radius 3 is 2.85 bits per heavy atom. The highest BCUT2D eigenvalue weighted by molar-refractivity contribution is 7.14. The summed E-state index contributed by atoms with van der Waals surface area (Å²) in [5, 5.41) is 12.6. The van der Waals surface area contributed by atoms with E-state index in [1.54, 1.807) is 28.4 Å². The molecule has 0 aliphatic carbocycles. The molecule has 4 aromatic rings. The molecule has 1 N–H and O–H groups in total. The molecule has 9 heteroatoms. The number of hydrogen-bond acceptors (Lipinski definition) is 6. The number of hydrogen-bond donors (Lipinski definition) is 1. The van der Waals surface area contributed by atoms with Crippen molar-refractivity contribution in [3.8, 4) is 0 Å². The maximum Gasteiger partial charge on any atom is 0.275 e. The standard InChI is InChI=1S/C17H16N6O2S/c1-10-12-5-3-4-6-13(12)16(25)22(21-10)8-15(24)19-11(2)14-7-23-17(20-14)26-9-18-23/h3-7,9,11H,8H2,1-2H3,(H,19,24). The molecule has 0 fully saturated rings. The van der Waals surface area contributed by atoms with Gasteiger partial charge in [0.25, 0.3) is 5.56 Å². The summed E-state index contributed by atoms with van der Waals surface area (Å²) in [6, 6.07) is 6.96. The SMILES string of the molecule is Cc1nn(CC(=O)NC(C)c2cn3ncsc3n2)c(=O)c2ccccc12. The Kier molecular flexibility index (Phi) is 4.00. The van der Waals surface area contributed by atoms with Gasteiger partial charge in [-0.15, -0.1) is 0 Å². The predicted molar refractivity (Wildman–Crippen MR) is 98.2 cm³/mol. The number of amides is 1. The molecule has 0 aliphatic rings. The summed E-state index contributed by atoms with van der Waals surface area (Å²) >= 11 is 1.42. The molecule has 26 heavy (non-hydrogen) atoms. The van der Waals surface area contributed by atoms with Crippen LogP contribution in [0, 0.1) is 6.92 Å². The van der Waals surface area contributed by atoms with E-state index in [2.05, 4.69) is 20.5 Å². The summed E-state index contributed by atoms with van der Waals surface area (Å²) < 4.78 is 2.87. The Morgan fingerprint density at radius 2 is 2.08 bits per heavy atom. The van der Waals surface area contributed by atoms with Gasteiger partial charge in [0.1, 0.15) is 12.1 Å². The van der Waals surface area contributed by atoms with Gasteiger partial charge in [-0.05, 0) is 19.9 Å². The molecule has 3 heterocycles. The van der Waals surface area contributed by atoms with Crippen LogP contribution in [0.4, 0.5) is 0 Å². The van der Waals surface area contributed by atoms with Crippen molar-refractivity contribution < 1.29 is 4.79 Å². The van der Waals surface area contributed by atoms with Crippen LogP contribution >= 0.6 is 11.3 Å². The van der Waals surface area contributed by atoms with Crippen LogP contribution in [0.25, 0.3) is 15.7 Å². The number of benzene rings is 1. The van der Waals surface area contributed by atoms with E-state index in [9.17, 15) is 9.59 Å². The zero-order chi connectivity index (χ0) is 18.3. The molecular formula is C17H16N6O2S. The Hall–Kier alpha value is -3.07. The molecule has 8 nitrogen and oxygen atoms in total. The lowest BCUT2D eigenvalue weighted by molar-refractivity contribution is -0.122. The minimum absolute atomic E-state index is 0.144. The van der Waals surface area contributed by atoms with Crippen LogP contribution in [0.5, 0.6) is 0 Å². The van der Waals surface area contributed by atoms with Crippen LogP contribution in [0.2, 0.25) is 0 Å². The second-order valence-electron chi connectivity index (χ2n) is 6.01. The maximum absolute atomic E-state index is 12.6. The molecule has 1 atom stereocenters. The van der Waals surface area contributed by atoms with Gasteiger partial charge in [-0.1, -0.05) is 29.5 Å². The van der Waals surface area contributed by atoms with Gasteiger partial charge in [-0.3, -0.25) is 9.59 Å². The molecule has 132 valence electrons. The van der Waals surface area contributed by atoms with Crippen molar-refractivity contribution in [2.45, 2.75) is 26.4 Å². The number of nitrogens with zero attached hydrogens (tertiary/aromatic N) is 5. The van der Waals surface area contributed by atoms with E-state index < -0.39 is 0 Å². The van der Waals surface area contributed by atoms with E-state index in [0.717, 1.165) is 10.3 Å². The molecule has 1 amide bonds. The molecule has 3 aromatic heterocycles. The van der Waals surface area contributed by atoms with Gasteiger partial charge in [0.05, 0.1) is 29.0 Å². The molecule has 0 bridgehead atoms. The van der Waals surface area contributed by atoms with E-state index in [1.165, 1.54) is 16.0 Å². The largest absolute Gasteiger partial charge is 0.346 e. The number of aryl methyl sites for hydroxylation is 1. The summed E-state index contributed by atoms with van der Waals surface area (Å²) in [6.07, 6.45) is 1.78. The van der Waals surface area contributed by atoms with E-state index in [4.69, 9.17) is 0 Å². The van der Waals surface area contributed by atoms with Crippen LogP contribution in [0.3, 0.4) is 0 Å². The Bertz CT molecular complexity index is 1150. The highest BCUT2D eigenvalue weighted by atomic mass is 32.1. The molecule has 0 spiro atoms. The minimum atomic E-state index is -0.300. The lowest BCUT2D eigenvalue weighted by Gasteiger charge is -2.13. The average molecular weight is 368 g/mol. The second-order valence-corrected chi connectivity index (χ2v) is 6.83. The highest BCUT2D eigenvalue weighted by Crippen LogP contribution is 2.15. The normalized spacial score (nSPS) is 12.5. The molecule has 4 rings (SSSR count). The van der Waals surface area contributed by atoms with Gasteiger partial charge in [0.15, 0.2) is 0 Å². The van der Waals surface area contributed by atoms with Gasteiger partial charge in [-0.2, -0.15) is 10.2 Å². The van der Waals surface area contributed by atoms with Crippen LogP contribution in [0.15, 0.2) is 40.8 Å². The van der Waals surface area contributed by atoms with E-state index in [-0.39, 0.29) is 24.1 Å². The van der Waals surface area contributed by atoms with Crippen molar-refractivity contribution in [3.63, 3.8) is 0 Å². The van der Waals surface area contributed by atoms with Crippen molar-refractivity contribution in [2.24, 2.45) is 0 Å². The van der Waals surface area contributed by atoms with Gasteiger partial charge < -0.3 is 5.32 Å². The fraction of sp³-hybridized carbons (Fsp3) is 0.235. The molecule has 1 unspecified atom stereocenters. The summed E-state index contributed by atoms with van der Waals surface area (Å²) in [6.45, 7) is 3.52. The van der Waals surface area contributed by atoms with Gasteiger partial charge in [0.2, 0.25) is 10.9 Å². The number of nitrogens with one attached hydrogen (secondary N) is 1. The number of carbonyl (C=O) groups excluding carboxylic acids is 1. The van der Waals surface area contributed by atoms with Crippen molar-refractivity contribution in [3.05, 3.63) is 57.7 Å². The first-order chi connectivity index (χ1) is 12.5. The number of aromatic nitrogens is 5. The number of fused-ring (bicyclic) bond motifs is 2. The Morgan fingerprint density at radius 1 is 1.31 bits per heavy atom. The zero-order valence-corrected chi connectivity index (χ0v) is 15.0. The molecule has 0 saturated heterocycles. The van der Waals surface area contributed by atoms with E-state index in [0.29, 0.717) is 16.8 Å². The van der Waals surface area contributed by atoms with Crippen molar-refractivity contribution in [1.29, 1.82) is 0 Å². The van der Waals surface area contributed by atoms with Gasteiger partial charge >= 0.3 is 0 Å². The summed E-state index contributed by atoms with van der Waals surface area (Å²) in [7, 11) is 0. The highest BCUT2D eigenvalue weighted by Gasteiger charge is 2.16. The maximum atomic E-state index is 12.6. The first kappa shape index (κ1) is 16.4. The van der Waals surface area contributed by atoms with Crippen molar-refractivity contribution in [2.75, 3.05) is 0 Å². The van der Waals surface area contributed by atoms with Crippen LogP contribution in [0.1, 0.15) is 24.4 Å². The Labute approximate surface area is 152 Å². The minimum Gasteiger partial charge on any atom is -0.346 e. The monoisotopic (exact) mass is 368 g/mol. The van der Waals surface area contributed by atoms with Gasteiger partial charge in [0, 0.05) is 5.39 Å². The molecule has 0 radical (unpaired) electrons. The zero-order valence-electron chi connectivity index (χ0n) is 14.2. The molecule has 1 aromatic carbocycles. The molecule has 0 aliphatic heterocycles. The van der Waals surface area contributed by atoms with E-state index >= 15 is 0 Å². The van der Waals surface area contributed by atoms with Crippen LogP contribution in [-0.4, -0.2) is 30.3 Å². The summed E-state index contributed by atoms with van der Waals surface area (Å²) in [5.41, 5.74) is 2.85. The third-order valence-corrected chi connectivity index (χ3v) is 4.86. The average Bonchev–Trinajstić information content (AvgIpc) is 3.21. The second kappa shape index (κ2) is 6.34. The third kappa shape index (κ3) is 2.86. The van der Waals surface area contributed by atoms with E-state index in [1.807, 2.05) is 26.0 Å². The number of carbonyl (C=O) groups is 1. The quantitative estimate of drug-likeness (QED) is 0.591. The van der Waals surface area contributed by atoms with Gasteiger partial charge in [-0.25, -0.2) is 14.2 Å². The first-order valence-corrected chi connectivity index (χ1v) is 8.95. The fourth-order valence-electron chi connectivity index (χ4n) is 2.87. The first-order valence-electron chi connectivity index (χ1n) is 8.07. The Balaban J connectivity index is 1.54. The topological polar surface area (TPSA) is 94.2 Å². The van der Waals surface area contributed by atoms with Crippen LogP contribution in [-0.2, 0) is 11.3 Å². The number of imidazole rings is 1. The smallest absolute Gasteiger partial charge is 0.275 e. The molecule has 0 saturated carbocycles. The lowest BCUT2D eigenvalue weighted by atomic mass is 10.1. The van der Waals surface area contributed by atoms with Crippen molar-refractivity contribution in [1.82, 2.24) is 29.7 Å². The molecular weight excluding hydrogens is 352 g/mol. The third-order valence-electron chi connectivity index (χ3n) is 4.17. The predicted octanol–water partition coefficient (Wildman–Crippen LogP) is 1.69. The van der Waals surface area contributed by atoms with Crippen LogP contribution < -0.4 is 10.9 Å². The lowest BCUT2D eigenvalue weighted by Crippen LogP contribution is -2.35. The summed E-state index contributed by atoms with van der Waals surface area (Å²) in [4.78, 5) is 30.1. The van der Waals surface area contributed by atoms with Crippen molar-refractivity contribution >= 4 is 33.0 Å². The number of rotatable bonds is 4. The summed E-state index contributed by atoms with van der Waals surface area (Å²) in [5.74, 6) is -0.300.